The summed E-state index contributed by atoms with van der Waals surface area (Å²) in [6.07, 6.45) is 1.66. The Morgan fingerprint density at radius 1 is 1.14 bits per heavy atom. The van der Waals surface area contributed by atoms with Gasteiger partial charge in [-0.3, -0.25) is 9.69 Å². The molecular weight excluding hydrogens is 460 g/mol. The Hall–Kier alpha value is -3.56. The molecule has 0 fully saturated rings. The van der Waals surface area contributed by atoms with E-state index in [9.17, 15) is 4.79 Å². The van der Waals surface area contributed by atoms with Crippen LogP contribution in [0.2, 0.25) is 0 Å². The predicted molar refractivity (Wildman–Crippen MR) is 136 cm³/mol. The fourth-order valence-corrected chi connectivity index (χ4v) is 5.05. The zero-order chi connectivity index (χ0) is 24.6. The predicted octanol–water partition coefficient (Wildman–Crippen LogP) is 5.02. The number of benzene rings is 1. The van der Waals surface area contributed by atoms with Crippen LogP contribution in [0.25, 0.3) is 10.9 Å². The fraction of sp³-hybridized carbons (Fsp3) is 0.308. The maximum absolute atomic E-state index is 13.6. The van der Waals surface area contributed by atoms with Gasteiger partial charge in [-0.1, -0.05) is 18.2 Å². The van der Waals surface area contributed by atoms with Crippen molar-refractivity contribution in [2.75, 3.05) is 0 Å². The van der Waals surface area contributed by atoms with E-state index < -0.39 is 6.04 Å². The van der Waals surface area contributed by atoms with Gasteiger partial charge in [0.1, 0.15) is 11.8 Å². The van der Waals surface area contributed by atoms with E-state index in [2.05, 4.69) is 36.9 Å². The Kier molecular flexibility index (Phi) is 6.12. The molecule has 180 valence electrons. The molecule has 0 amide bonds. The van der Waals surface area contributed by atoms with Gasteiger partial charge >= 0.3 is 0 Å². The first-order valence-corrected chi connectivity index (χ1v) is 12.4. The third-order valence-electron chi connectivity index (χ3n) is 5.94. The van der Waals surface area contributed by atoms with Crippen molar-refractivity contribution in [3.8, 4) is 0 Å². The molecule has 1 aromatic carbocycles. The van der Waals surface area contributed by atoms with Crippen LogP contribution in [0.5, 0.6) is 0 Å². The first kappa shape index (κ1) is 23.2. The summed E-state index contributed by atoms with van der Waals surface area (Å²) < 4.78 is 7.52. The third kappa shape index (κ3) is 4.82. The monoisotopic (exact) mass is 488 g/mol. The molecule has 8 nitrogen and oxygen atoms in total. The van der Waals surface area contributed by atoms with Gasteiger partial charge in [0.25, 0.3) is 5.56 Å². The zero-order valence-electron chi connectivity index (χ0n) is 20.2. The summed E-state index contributed by atoms with van der Waals surface area (Å²) in [5.74, 6) is 1.41. The molecule has 0 saturated heterocycles. The van der Waals surface area contributed by atoms with Crippen molar-refractivity contribution in [1.29, 1.82) is 0 Å². The van der Waals surface area contributed by atoms with Gasteiger partial charge in [-0.25, -0.2) is 4.68 Å². The van der Waals surface area contributed by atoms with Crippen molar-refractivity contribution < 1.29 is 4.42 Å². The highest BCUT2D eigenvalue weighted by atomic mass is 32.1. The van der Waals surface area contributed by atoms with E-state index in [1.165, 1.54) is 4.88 Å². The van der Waals surface area contributed by atoms with Crippen LogP contribution in [0.1, 0.15) is 54.4 Å². The van der Waals surface area contributed by atoms with Gasteiger partial charge in [0.05, 0.1) is 18.3 Å². The molecule has 0 spiro atoms. The number of rotatable bonds is 7. The third-order valence-corrected chi connectivity index (χ3v) is 6.80. The normalized spacial score (nSPS) is 13.1. The minimum absolute atomic E-state index is 0.160. The number of H-pyrrole nitrogens is 1. The van der Waals surface area contributed by atoms with E-state index in [4.69, 9.17) is 4.42 Å². The average Bonchev–Trinajstić information content (AvgIpc) is 3.57. The second kappa shape index (κ2) is 9.24. The zero-order valence-corrected chi connectivity index (χ0v) is 21.0. The van der Waals surface area contributed by atoms with Crippen LogP contribution in [0.15, 0.2) is 69.4 Å². The van der Waals surface area contributed by atoms with Crippen molar-refractivity contribution in [3.63, 3.8) is 0 Å². The van der Waals surface area contributed by atoms with Crippen molar-refractivity contribution >= 4 is 22.2 Å². The number of fused-ring (bicyclic) bond motifs is 1. The van der Waals surface area contributed by atoms with Crippen LogP contribution < -0.4 is 5.56 Å². The number of tetrazole rings is 1. The minimum Gasteiger partial charge on any atom is -0.468 e. The quantitative estimate of drug-likeness (QED) is 0.346. The van der Waals surface area contributed by atoms with Gasteiger partial charge in [0.15, 0.2) is 5.82 Å². The Morgan fingerprint density at radius 2 is 2.00 bits per heavy atom. The molecule has 5 aromatic rings. The number of thiophene rings is 1. The molecule has 0 bridgehead atoms. The molecule has 0 radical (unpaired) electrons. The smallest absolute Gasteiger partial charge is 0.253 e. The molecule has 4 aromatic heterocycles. The van der Waals surface area contributed by atoms with Gasteiger partial charge in [0.2, 0.25) is 0 Å². The number of nitrogens with one attached hydrogen (secondary N) is 1. The number of aromatic nitrogens is 5. The highest BCUT2D eigenvalue weighted by Gasteiger charge is 2.34. The lowest BCUT2D eigenvalue weighted by Gasteiger charge is -2.32. The molecule has 4 heterocycles. The van der Waals surface area contributed by atoms with Gasteiger partial charge < -0.3 is 9.40 Å². The summed E-state index contributed by atoms with van der Waals surface area (Å²) in [6.45, 7) is 9.25. The van der Waals surface area contributed by atoms with Crippen LogP contribution >= 0.6 is 11.3 Å². The summed E-state index contributed by atoms with van der Waals surface area (Å²) >= 11 is 1.68. The van der Waals surface area contributed by atoms with E-state index in [0.29, 0.717) is 24.5 Å². The Balaban J connectivity index is 1.72. The molecule has 0 aliphatic carbocycles. The van der Waals surface area contributed by atoms with E-state index in [0.717, 1.165) is 22.2 Å². The molecule has 1 atom stereocenters. The van der Waals surface area contributed by atoms with Crippen molar-refractivity contribution in [2.24, 2.45) is 0 Å². The SMILES string of the molecule is Cc1ccc2cc([C@H](c3nnnn3C(C)(C)C)N(Cc3ccco3)Cc3cccs3)c(=O)[nH]c2c1. The summed E-state index contributed by atoms with van der Waals surface area (Å²) in [6, 6.07) is 15.5. The molecule has 0 saturated carbocycles. The fourth-order valence-electron chi connectivity index (χ4n) is 4.32. The van der Waals surface area contributed by atoms with Gasteiger partial charge in [-0.15, -0.1) is 16.4 Å². The summed E-state index contributed by atoms with van der Waals surface area (Å²) in [5, 5.41) is 15.8. The molecular formula is C26H28N6O2S. The topological polar surface area (TPSA) is 92.8 Å². The molecule has 0 aliphatic heterocycles. The maximum Gasteiger partial charge on any atom is 0.253 e. The van der Waals surface area contributed by atoms with E-state index >= 15 is 0 Å². The molecule has 0 unspecified atom stereocenters. The standard InChI is InChI=1S/C26H28N6O2S/c1-17-9-10-18-14-21(25(33)27-22(18)13-17)23(24-28-29-30-32(24)26(2,3)4)31(15-19-7-5-11-34-19)16-20-8-6-12-35-20/h5-14,23H,15-16H2,1-4H3,(H,27,33)/t23-/m1/s1. The second-order valence-electron chi connectivity index (χ2n) is 9.73. The van der Waals surface area contributed by atoms with Crippen molar-refractivity contribution in [3.05, 3.63) is 98.1 Å². The molecule has 1 N–H and O–H groups in total. The largest absolute Gasteiger partial charge is 0.468 e. The van der Waals surface area contributed by atoms with E-state index in [1.54, 1.807) is 22.3 Å². The van der Waals surface area contributed by atoms with Crippen molar-refractivity contribution in [2.45, 2.75) is 52.4 Å². The van der Waals surface area contributed by atoms with Gasteiger partial charge in [-0.05, 0) is 84.8 Å². The first-order chi connectivity index (χ1) is 16.8. The van der Waals surface area contributed by atoms with Crippen molar-refractivity contribution in [1.82, 2.24) is 30.1 Å². The van der Waals surface area contributed by atoms with Gasteiger partial charge in [-0.2, -0.15) is 0 Å². The maximum atomic E-state index is 13.6. The summed E-state index contributed by atoms with van der Waals surface area (Å²) in [5.41, 5.74) is 1.95. The highest BCUT2D eigenvalue weighted by molar-refractivity contribution is 7.09. The Bertz CT molecular complexity index is 1440. The molecule has 5 rings (SSSR count). The Labute approximate surface area is 207 Å². The lowest BCUT2D eigenvalue weighted by atomic mass is 10.0. The highest BCUT2D eigenvalue weighted by Crippen LogP contribution is 2.32. The Morgan fingerprint density at radius 3 is 2.71 bits per heavy atom. The first-order valence-electron chi connectivity index (χ1n) is 11.5. The lowest BCUT2D eigenvalue weighted by Crippen LogP contribution is -2.37. The average molecular weight is 489 g/mol. The molecule has 9 heteroatoms. The summed E-state index contributed by atoms with van der Waals surface area (Å²) in [7, 11) is 0. The number of pyridine rings is 1. The van der Waals surface area contributed by atoms with E-state index in [1.807, 2.05) is 70.2 Å². The number of nitrogens with zero attached hydrogens (tertiary/aromatic N) is 5. The number of aryl methyl sites for hydroxylation is 1. The summed E-state index contributed by atoms with van der Waals surface area (Å²) in [4.78, 5) is 20.0. The number of hydrogen-bond donors (Lipinski definition) is 1. The molecule has 35 heavy (non-hydrogen) atoms. The lowest BCUT2D eigenvalue weighted by molar-refractivity contribution is 0.173. The second-order valence-corrected chi connectivity index (χ2v) is 10.8. The van der Waals surface area contributed by atoms with Crippen LogP contribution in [0.4, 0.5) is 0 Å². The number of furan rings is 1. The number of aromatic amines is 1. The van der Waals surface area contributed by atoms with Crippen LogP contribution in [0, 0.1) is 6.92 Å². The van der Waals surface area contributed by atoms with Crippen LogP contribution in [-0.2, 0) is 18.6 Å². The van der Waals surface area contributed by atoms with E-state index in [-0.39, 0.29) is 11.1 Å². The van der Waals surface area contributed by atoms with Crippen LogP contribution in [-0.4, -0.2) is 30.1 Å². The minimum atomic E-state index is -0.508. The number of hydrogen-bond acceptors (Lipinski definition) is 7. The van der Waals surface area contributed by atoms with Crippen LogP contribution in [0.3, 0.4) is 0 Å². The molecule has 0 aliphatic rings. The van der Waals surface area contributed by atoms with Gasteiger partial charge in [0, 0.05) is 22.5 Å².